The number of aryl methyl sites for hydroxylation is 1. The summed E-state index contributed by atoms with van der Waals surface area (Å²) in [4.78, 5) is 4.34. The Morgan fingerprint density at radius 2 is 1.75 bits per heavy atom. The van der Waals surface area contributed by atoms with E-state index in [4.69, 9.17) is 11.6 Å². The highest BCUT2D eigenvalue weighted by molar-refractivity contribution is 6.32. The Balaban J connectivity index is 2.21. The largest absolute Gasteiger partial charge is 0.417 e. The highest BCUT2D eigenvalue weighted by Crippen LogP contribution is 2.37. The molecule has 2 rings (SSSR count). The van der Waals surface area contributed by atoms with Crippen molar-refractivity contribution < 1.29 is 13.2 Å². The Hall–Kier alpha value is -0.780. The minimum atomic E-state index is -4.40. The number of hydrogen-bond donors (Lipinski definition) is 0. The monoisotopic (exact) mass is 306 g/mol. The summed E-state index contributed by atoms with van der Waals surface area (Å²) in [7, 11) is 2.04. The van der Waals surface area contributed by atoms with Gasteiger partial charge in [0.1, 0.15) is 0 Å². The lowest BCUT2D eigenvalue weighted by atomic mass is 10.0. The maximum atomic E-state index is 12.9. The van der Waals surface area contributed by atoms with E-state index in [1.165, 1.54) is 0 Å². The lowest BCUT2D eigenvalue weighted by Gasteiger charge is -2.32. The Kier molecular flexibility index (Phi) is 4.62. The minimum absolute atomic E-state index is 0.165. The Morgan fingerprint density at radius 3 is 2.30 bits per heavy atom. The first-order valence-corrected chi connectivity index (χ1v) is 6.92. The van der Waals surface area contributed by atoms with Crippen molar-refractivity contribution in [3.05, 3.63) is 33.8 Å². The van der Waals surface area contributed by atoms with Crippen LogP contribution in [-0.4, -0.2) is 43.0 Å². The average molecular weight is 307 g/mol. The molecule has 20 heavy (non-hydrogen) atoms. The first kappa shape index (κ1) is 15.6. The lowest BCUT2D eigenvalue weighted by Crippen LogP contribution is -2.43. The highest BCUT2D eigenvalue weighted by atomic mass is 35.5. The van der Waals surface area contributed by atoms with Crippen LogP contribution in [0.1, 0.15) is 16.7 Å². The number of piperazine rings is 1. The van der Waals surface area contributed by atoms with Gasteiger partial charge in [-0.2, -0.15) is 13.2 Å². The van der Waals surface area contributed by atoms with Crippen molar-refractivity contribution >= 4 is 11.6 Å². The van der Waals surface area contributed by atoms with E-state index in [0.29, 0.717) is 17.7 Å². The third kappa shape index (κ3) is 3.65. The van der Waals surface area contributed by atoms with Crippen LogP contribution in [0.25, 0.3) is 0 Å². The molecule has 1 aliphatic heterocycles. The van der Waals surface area contributed by atoms with E-state index < -0.39 is 11.7 Å². The highest BCUT2D eigenvalue weighted by Gasteiger charge is 2.34. The van der Waals surface area contributed by atoms with Crippen LogP contribution in [0.3, 0.4) is 0 Å². The molecule has 112 valence electrons. The third-order valence-corrected chi connectivity index (χ3v) is 4.03. The zero-order chi connectivity index (χ0) is 14.9. The molecule has 1 fully saturated rings. The molecule has 0 N–H and O–H groups in total. The minimum Gasteiger partial charge on any atom is -0.304 e. The van der Waals surface area contributed by atoms with Gasteiger partial charge in [-0.1, -0.05) is 23.2 Å². The van der Waals surface area contributed by atoms with Gasteiger partial charge in [-0.05, 0) is 25.6 Å². The molecule has 1 aromatic carbocycles. The third-order valence-electron chi connectivity index (χ3n) is 3.59. The van der Waals surface area contributed by atoms with Crippen LogP contribution in [0.15, 0.2) is 12.1 Å². The number of nitrogens with zero attached hydrogens (tertiary/aromatic N) is 2. The van der Waals surface area contributed by atoms with Crippen LogP contribution in [0, 0.1) is 6.92 Å². The normalized spacial score (nSPS) is 18.5. The second kappa shape index (κ2) is 5.92. The number of hydrogen-bond acceptors (Lipinski definition) is 2. The molecular formula is C14H18ClF3N2. The van der Waals surface area contributed by atoms with Gasteiger partial charge in [-0.3, -0.25) is 4.90 Å². The number of rotatable bonds is 2. The van der Waals surface area contributed by atoms with Crippen LogP contribution in [0.4, 0.5) is 13.2 Å². The van der Waals surface area contributed by atoms with Crippen LogP contribution in [0.2, 0.25) is 5.02 Å². The van der Waals surface area contributed by atoms with Crippen molar-refractivity contribution in [2.45, 2.75) is 19.6 Å². The molecule has 0 unspecified atom stereocenters. The standard InChI is InChI=1S/C14H18ClF3N2/c1-10-7-11(9-20-5-3-19(2)4-6-20)13(15)12(8-10)14(16,17)18/h7-8H,3-6,9H2,1-2H3. The average Bonchev–Trinajstić information content (AvgIpc) is 2.35. The molecule has 1 heterocycles. The SMILES string of the molecule is Cc1cc(CN2CCN(C)CC2)c(Cl)c(C(F)(F)F)c1. The summed E-state index contributed by atoms with van der Waals surface area (Å²) in [6.07, 6.45) is -4.40. The molecule has 6 heteroatoms. The molecule has 0 bridgehead atoms. The molecule has 1 aromatic rings. The molecule has 1 aliphatic rings. The van der Waals surface area contributed by atoms with E-state index in [0.717, 1.165) is 32.2 Å². The number of likely N-dealkylation sites (N-methyl/N-ethyl adjacent to an activating group) is 1. The summed E-state index contributed by atoms with van der Waals surface area (Å²) in [5.74, 6) is 0. The van der Waals surface area contributed by atoms with Crippen molar-refractivity contribution in [1.29, 1.82) is 0 Å². The molecule has 0 atom stereocenters. The fraction of sp³-hybridized carbons (Fsp3) is 0.571. The van der Waals surface area contributed by atoms with Crippen molar-refractivity contribution in [2.24, 2.45) is 0 Å². The first-order chi connectivity index (χ1) is 9.27. The zero-order valence-electron chi connectivity index (χ0n) is 11.6. The smallest absolute Gasteiger partial charge is 0.304 e. The lowest BCUT2D eigenvalue weighted by molar-refractivity contribution is -0.137. The Morgan fingerprint density at radius 1 is 1.15 bits per heavy atom. The van der Waals surface area contributed by atoms with Gasteiger partial charge in [0, 0.05) is 32.7 Å². The van der Waals surface area contributed by atoms with E-state index in [9.17, 15) is 13.2 Å². The molecule has 0 spiro atoms. The molecule has 0 saturated carbocycles. The summed E-state index contributed by atoms with van der Waals surface area (Å²) < 4.78 is 38.8. The Bertz CT molecular complexity index is 480. The van der Waals surface area contributed by atoms with E-state index in [1.54, 1.807) is 13.0 Å². The van der Waals surface area contributed by atoms with Crippen LogP contribution >= 0.6 is 11.6 Å². The van der Waals surface area contributed by atoms with Crippen LogP contribution < -0.4 is 0 Å². The maximum absolute atomic E-state index is 12.9. The summed E-state index contributed by atoms with van der Waals surface area (Å²) in [5, 5.41) is -0.165. The summed E-state index contributed by atoms with van der Waals surface area (Å²) in [5.41, 5.74) is 0.415. The summed E-state index contributed by atoms with van der Waals surface area (Å²) in [6, 6.07) is 2.85. The molecule has 0 aliphatic carbocycles. The van der Waals surface area contributed by atoms with Crippen molar-refractivity contribution in [3.8, 4) is 0 Å². The molecular weight excluding hydrogens is 289 g/mol. The van der Waals surface area contributed by atoms with Crippen molar-refractivity contribution in [3.63, 3.8) is 0 Å². The molecule has 1 saturated heterocycles. The quantitative estimate of drug-likeness (QED) is 0.826. The zero-order valence-corrected chi connectivity index (χ0v) is 12.4. The predicted molar refractivity (Wildman–Crippen MR) is 74.0 cm³/mol. The topological polar surface area (TPSA) is 6.48 Å². The fourth-order valence-corrected chi connectivity index (χ4v) is 2.69. The van der Waals surface area contributed by atoms with Gasteiger partial charge in [0.15, 0.2) is 0 Å². The van der Waals surface area contributed by atoms with Crippen molar-refractivity contribution in [2.75, 3.05) is 33.2 Å². The van der Waals surface area contributed by atoms with Gasteiger partial charge in [0.2, 0.25) is 0 Å². The molecule has 2 nitrogen and oxygen atoms in total. The summed E-state index contributed by atoms with van der Waals surface area (Å²) in [6.45, 7) is 5.69. The van der Waals surface area contributed by atoms with E-state index in [1.807, 2.05) is 7.05 Å². The Labute approximate surface area is 122 Å². The number of halogens is 4. The van der Waals surface area contributed by atoms with Gasteiger partial charge in [-0.15, -0.1) is 0 Å². The second-order valence-corrected chi connectivity index (χ2v) is 5.74. The van der Waals surface area contributed by atoms with Crippen LogP contribution in [-0.2, 0) is 12.7 Å². The first-order valence-electron chi connectivity index (χ1n) is 6.54. The predicted octanol–water partition coefficient (Wildman–Crippen LogP) is 3.41. The maximum Gasteiger partial charge on any atom is 0.417 e. The van der Waals surface area contributed by atoms with E-state index >= 15 is 0 Å². The number of alkyl halides is 3. The number of benzene rings is 1. The summed E-state index contributed by atoms with van der Waals surface area (Å²) >= 11 is 5.96. The van der Waals surface area contributed by atoms with Gasteiger partial charge >= 0.3 is 6.18 Å². The van der Waals surface area contributed by atoms with Gasteiger partial charge < -0.3 is 4.90 Å². The van der Waals surface area contributed by atoms with Gasteiger partial charge in [0.05, 0.1) is 10.6 Å². The second-order valence-electron chi connectivity index (χ2n) is 5.36. The fourth-order valence-electron chi connectivity index (χ4n) is 2.41. The molecule has 0 aromatic heterocycles. The molecule has 0 radical (unpaired) electrons. The van der Waals surface area contributed by atoms with E-state index in [-0.39, 0.29) is 5.02 Å². The van der Waals surface area contributed by atoms with Gasteiger partial charge in [-0.25, -0.2) is 0 Å². The van der Waals surface area contributed by atoms with Gasteiger partial charge in [0.25, 0.3) is 0 Å². The van der Waals surface area contributed by atoms with E-state index in [2.05, 4.69) is 9.80 Å². The molecule has 0 amide bonds. The van der Waals surface area contributed by atoms with Crippen LogP contribution in [0.5, 0.6) is 0 Å². The van der Waals surface area contributed by atoms with Crippen molar-refractivity contribution in [1.82, 2.24) is 9.80 Å².